The lowest BCUT2D eigenvalue weighted by Gasteiger charge is -2.16. The van der Waals surface area contributed by atoms with Crippen LogP contribution in [0.5, 0.6) is 0 Å². The molecule has 17 heavy (non-hydrogen) atoms. The number of azo groups is 1. The zero-order chi connectivity index (χ0) is 12.3. The quantitative estimate of drug-likeness (QED) is 0.772. The van der Waals surface area contributed by atoms with E-state index < -0.39 is 0 Å². The molecule has 3 nitrogen and oxygen atoms in total. The third-order valence-corrected chi connectivity index (χ3v) is 2.92. The number of aryl methyl sites for hydroxylation is 1. The molecule has 88 valence electrons. The van der Waals surface area contributed by atoms with Crippen molar-refractivity contribution in [3.63, 3.8) is 0 Å². The summed E-state index contributed by atoms with van der Waals surface area (Å²) in [6.07, 6.45) is 5.94. The average Bonchev–Trinajstić information content (AvgIpc) is 2.32. The first kappa shape index (κ1) is 11.7. The lowest BCUT2D eigenvalue weighted by Crippen LogP contribution is -2.26. The molecule has 0 aliphatic heterocycles. The molecule has 1 aromatic carbocycles. The molecule has 0 spiro atoms. The van der Waals surface area contributed by atoms with Crippen molar-refractivity contribution in [2.45, 2.75) is 19.9 Å². The van der Waals surface area contributed by atoms with E-state index in [2.05, 4.69) is 17.2 Å². The van der Waals surface area contributed by atoms with Crippen LogP contribution in [0.25, 0.3) is 0 Å². The Bertz CT molecular complexity index is 486. The van der Waals surface area contributed by atoms with Gasteiger partial charge in [0.05, 0.1) is 11.4 Å². The predicted molar refractivity (Wildman–Crippen MR) is 70.1 cm³/mol. The average molecular weight is 227 g/mol. The van der Waals surface area contributed by atoms with Crippen LogP contribution in [0.4, 0.5) is 5.69 Å². The highest BCUT2D eigenvalue weighted by Crippen LogP contribution is 2.21. The Kier molecular flexibility index (Phi) is 3.49. The first-order valence-electron chi connectivity index (χ1n) is 5.80. The van der Waals surface area contributed by atoms with Gasteiger partial charge in [0.25, 0.3) is 0 Å². The Morgan fingerprint density at radius 3 is 2.65 bits per heavy atom. The third kappa shape index (κ3) is 2.88. The van der Waals surface area contributed by atoms with Gasteiger partial charge in [0, 0.05) is 6.04 Å². The van der Waals surface area contributed by atoms with E-state index in [1.165, 1.54) is 0 Å². The summed E-state index contributed by atoms with van der Waals surface area (Å²) in [5.74, 6) is 0.311. The van der Waals surface area contributed by atoms with E-state index in [1.807, 2.05) is 49.4 Å². The lowest BCUT2D eigenvalue weighted by atomic mass is 9.97. The molecule has 2 N–H and O–H groups in total. The highest BCUT2D eigenvalue weighted by Gasteiger charge is 2.11. The minimum Gasteiger partial charge on any atom is -0.324 e. The van der Waals surface area contributed by atoms with Crippen LogP contribution in [0.1, 0.15) is 12.5 Å². The molecule has 0 heterocycles. The van der Waals surface area contributed by atoms with Crippen molar-refractivity contribution in [2.75, 3.05) is 0 Å². The molecule has 1 aromatic rings. The minimum absolute atomic E-state index is 0.0902. The van der Waals surface area contributed by atoms with E-state index in [9.17, 15) is 0 Å². The van der Waals surface area contributed by atoms with E-state index in [1.54, 1.807) is 0 Å². The fourth-order valence-electron chi connectivity index (χ4n) is 1.67. The molecular weight excluding hydrogens is 210 g/mol. The van der Waals surface area contributed by atoms with Crippen molar-refractivity contribution in [3.05, 3.63) is 53.8 Å². The number of nitrogens with zero attached hydrogens (tertiary/aromatic N) is 2. The standard InChI is InChI=1S/C14H17N3/c1-10-5-3-4-6-14(10)17-16-12-7-8-13(15)11(2)9-12/h3-9,11,13H,15H2,1-2H3. The van der Waals surface area contributed by atoms with Gasteiger partial charge in [-0.2, -0.15) is 10.2 Å². The van der Waals surface area contributed by atoms with Gasteiger partial charge >= 0.3 is 0 Å². The maximum atomic E-state index is 5.87. The Morgan fingerprint density at radius 2 is 1.94 bits per heavy atom. The number of nitrogens with two attached hydrogens (primary N) is 1. The summed E-state index contributed by atoms with van der Waals surface area (Å²) in [6.45, 7) is 4.11. The molecule has 0 aromatic heterocycles. The maximum Gasteiger partial charge on any atom is 0.0886 e. The van der Waals surface area contributed by atoms with Gasteiger partial charge in [-0.15, -0.1) is 0 Å². The number of hydrogen-bond acceptors (Lipinski definition) is 3. The molecular formula is C14H17N3. The molecule has 3 heteroatoms. The van der Waals surface area contributed by atoms with Gasteiger partial charge in [-0.25, -0.2) is 0 Å². The number of hydrogen-bond donors (Lipinski definition) is 1. The van der Waals surface area contributed by atoms with Crippen molar-refractivity contribution in [1.29, 1.82) is 0 Å². The summed E-state index contributed by atoms with van der Waals surface area (Å²) in [6, 6.07) is 8.03. The van der Waals surface area contributed by atoms with Crippen LogP contribution in [-0.2, 0) is 0 Å². The van der Waals surface area contributed by atoms with E-state index in [-0.39, 0.29) is 6.04 Å². The summed E-state index contributed by atoms with van der Waals surface area (Å²) in [4.78, 5) is 0. The number of rotatable bonds is 2. The first-order valence-corrected chi connectivity index (χ1v) is 5.80. The van der Waals surface area contributed by atoms with E-state index in [0.717, 1.165) is 16.9 Å². The van der Waals surface area contributed by atoms with Crippen LogP contribution >= 0.6 is 0 Å². The van der Waals surface area contributed by atoms with Crippen LogP contribution in [0.2, 0.25) is 0 Å². The molecule has 0 fully saturated rings. The molecule has 0 saturated heterocycles. The summed E-state index contributed by atoms with van der Waals surface area (Å²) >= 11 is 0. The maximum absolute atomic E-state index is 5.87. The smallest absolute Gasteiger partial charge is 0.0886 e. The number of allylic oxidation sites excluding steroid dienone is 1. The Balaban J connectivity index is 2.15. The molecule has 1 aliphatic carbocycles. The molecule has 2 rings (SSSR count). The van der Waals surface area contributed by atoms with Gasteiger partial charge in [0.15, 0.2) is 0 Å². The highest BCUT2D eigenvalue weighted by molar-refractivity contribution is 5.44. The zero-order valence-electron chi connectivity index (χ0n) is 10.2. The van der Waals surface area contributed by atoms with E-state index >= 15 is 0 Å². The second kappa shape index (κ2) is 5.06. The second-order valence-corrected chi connectivity index (χ2v) is 4.37. The SMILES string of the molecule is Cc1ccccc1N=NC1=CC(C)C(N)C=C1. The van der Waals surface area contributed by atoms with Crippen LogP contribution in [0.15, 0.2) is 58.4 Å². The van der Waals surface area contributed by atoms with Crippen molar-refractivity contribution in [2.24, 2.45) is 21.9 Å². The summed E-state index contributed by atoms with van der Waals surface area (Å²) < 4.78 is 0. The van der Waals surface area contributed by atoms with Gasteiger partial charge in [-0.1, -0.05) is 37.3 Å². The van der Waals surface area contributed by atoms with Crippen LogP contribution in [0, 0.1) is 12.8 Å². The van der Waals surface area contributed by atoms with Gasteiger partial charge in [0.2, 0.25) is 0 Å². The Morgan fingerprint density at radius 1 is 1.18 bits per heavy atom. The molecule has 2 atom stereocenters. The van der Waals surface area contributed by atoms with Crippen LogP contribution < -0.4 is 5.73 Å². The number of benzene rings is 1. The fourth-order valence-corrected chi connectivity index (χ4v) is 1.67. The summed E-state index contributed by atoms with van der Waals surface area (Å²) in [7, 11) is 0. The van der Waals surface area contributed by atoms with Gasteiger partial charge in [-0.05, 0) is 30.5 Å². The zero-order valence-corrected chi connectivity index (χ0v) is 10.2. The van der Waals surface area contributed by atoms with Gasteiger partial charge in [0.1, 0.15) is 0 Å². The Hall–Kier alpha value is -1.74. The third-order valence-electron chi connectivity index (χ3n) is 2.92. The topological polar surface area (TPSA) is 50.7 Å². The van der Waals surface area contributed by atoms with Crippen LogP contribution in [-0.4, -0.2) is 6.04 Å². The molecule has 1 aliphatic rings. The lowest BCUT2D eigenvalue weighted by molar-refractivity contribution is 0.618. The summed E-state index contributed by atoms with van der Waals surface area (Å²) in [5, 5.41) is 8.50. The highest BCUT2D eigenvalue weighted by atomic mass is 15.1. The monoisotopic (exact) mass is 227 g/mol. The molecule has 0 amide bonds. The van der Waals surface area contributed by atoms with Crippen molar-refractivity contribution < 1.29 is 0 Å². The van der Waals surface area contributed by atoms with Gasteiger partial charge in [-0.3, -0.25) is 0 Å². The van der Waals surface area contributed by atoms with Crippen molar-refractivity contribution in [3.8, 4) is 0 Å². The molecule has 2 unspecified atom stereocenters. The van der Waals surface area contributed by atoms with Crippen molar-refractivity contribution >= 4 is 5.69 Å². The fraction of sp³-hybridized carbons (Fsp3) is 0.286. The van der Waals surface area contributed by atoms with Crippen LogP contribution in [0.3, 0.4) is 0 Å². The largest absolute Gasteiger partial charge is 0.324 e. The summed E-state index contributed by atoms with van der Waals surface area (Å²) in [5.41, 5.74) is 8.78. The predicted octanol–water partition coefficient (Wildman–Crippen LogP) is 3.50. The molecule has 0 saturated carbocycles. The van der Waals surface area contributed by atoms with E-state index in [4.69, 9.17) is 5.73 Å². The Labute approximate surface area is 102 Å². The molecule has 0 radical (unpaired) electrons. The van der Waals surface area contributed by atoms with Gasteiger partial charge < -0.3 is 5.73 Å². The minimum atomic E-state index is 0.0902. The normalized spacial score (nSPS) is 24.1. The first-order chi connectivity index (χ1) is 8.16. The second-order valence-electron chi connectivity index (χ2n) is 4.37. The van der Waals surface area contributed by atoms with E-state index in [0.29, 0.717) is 5.92 Å². The molecule has 0 bridgehead atoms. The van der Waals surface area contributed by atoms with Crippen molar-refractivity contribution in [1.82, 2.24) is 0 Å².